The number of primary sulfonamides is 1. The number of hydrogen-bond donors (Lipinski definition) is 3. The van der Waals surface area contributed by atoms with Gasteiger partial charge in [-0.05, 0) is 30.7 Å². The number of carbonyl (C=O) groups is 1. The molecule has 0 saturated heterocycles. The number of carbonyl (C=O) groups excluding carboxylic acids is 1. The molecule has 2 aromatic rings. The van der Waals surface area contributed by atoms with Crippen LogP contribution in [0.4, 0.5) is 5.69 Å². The summed E-state index contributed by atoms with van der Waals surface area (Å²) >= 11 is 5.72. The molecule has 0 saturated carbocycles. The van der Waals surface area contributed by atoms with Crippen LogP contribution in [-0.4, -0.2) is 19.3 Å². The molecule has 0 unspecified atom stereocenters. The van der Waals surface area contributed by atoms with Gasteiger partial charge in [0.2, 0.25) is 10.0 Å². The van der Waals surface area contributed by atoms with Gasteiger partial charge in [0.15, 0.2) is 0 Å². The molecule has 1 heterocycles. The van der Waals surface area contributed by atoms with Crippen molar-refractivity contribution >= 4 is 33.2 Å². The van der Waals surface area contributed by atoms with Crippen LogP contribution in [0.25, 0.3) is 0 Å². The number of hydrogen-bond acceptors (Lipinski definition) is 3. The molecule has 1 aromatic heterocycles. The molecule has 0 radical (unpaired) electrons. The molecule has 0 aliphatic heterocycles. The molecule has 2 rings (SSSR count). The normalized spacial score (nSPS) is 11.3. The van der Waals surface area contributed by atoms with E-state index in [-0.39, 0.29) is 10.6 Å². The van der Waals surface area contributed by atoms with Gasteiger partial charge in [-0.3, -0.25) is 4.79 Å². The molecule has 20 heavy (non-hydrogen) atoms. The molecule has 4 N–H and O–H groups in total. The second-order valence-corrected chi connectivity index (χ2v) is 6.21. The maximum atomic E-state index is 12.0. The molecule has 0 aliphatic carbocycles. The molecule has 8 heteroatoms. The van der Waals surface area contributed by atoms with Crippen molar-refractivity contribution in [1.82, 2.24) is 4.98 Å². The fourth-order valence-electron chi connectivity index (χ4n) is 1.60. The van der Waals surface area contributed by atoms with Crippen LogP contribution < -0.4 is 10.5 Å². The monoisotopic (exact) mass is 313 g/mol. The summed E-state index contributed by atoms with van der Waals surface area (Å²) in [6.07, 6.45) is 1.48. The Balaban J connectivity index is 2.31. The number of halogens is 1. The second-order valence-electron chi connectivity index (χ2n) is 4.21. The number of rotatable bonds is 3. The summed E-state index contributed by atoms with van der Waals surface area (Å²) in [5.41, 5.74) is 1.35. The number of benzene rings is 1. The first kappa shape index (κ1) is 14.6. The van der Waals surface area contributed by atoms with Crippen LogP contribution in [0.3, 0.4) is 0 Å². The third-order valence-electron chi connectivity index (χ3n) is 2.68. The first-order valence-electron chi connectivity index (χ1n) is 5.56. The van der Waals surface area contributed by atoms with E-state index in [1.54, 1.807) is 13.0 Å². The minimum Gasteiger partial charge on any atom is -0.356 e. The number of sulfonamides is 1. The van der Waals surface area contributed by atoms with Crippen molar-refractivity contribution in [3.05, 3.63) is 46.7 Å². The Morgan fingerprint density at radius 1 is 1.35 bits per heavy atom. The van der Waals surface area contributed by atoms with Crippen molar-refractivity contribution in [3.8, 4) is 0 Å². The lowest BCUT2D eigenvalue weighted by Crippen LogP contribution is -2.15. The zero-order valence-electron chi connectivity index (χ0n) is 10.5. The highest BCUT2D eigenvalue weighted by atomic mass is 35.5. The lowest BCUT2D eigenvalue weighted by Gasteiger charge is -2.09. The molecule has 1 amide bonds. The second kappa shape index (κ2) is 5.28. The van der Waals surface area contributed by atoms with Crippen LogP contribution in [0, 0.1) is 6.92 Å². The molecule has 6 nitrogen and oxygen atoms in total. The van der Waals surface area contributed by atoms with E-state index >= 15 is 0 Å². The highest BCUT2D eigenvalue weighted by molar-refractivity contribution is 7.89. The van der Waals surface area contributed by atoms with Crippen molar-refractivity contribution in [2.45, 2.75) is 11.8 Å². The standard InChI is InChI=1S/C12H12ClN3O3S/c1-7-2-3-9(20(14,18)19)5-10(7)16-12(17)11-4-8(13)6-15-11/h2-6,15H,1H3,(H,16,17)(H2,14,18,19). The lowest BCUT2D eigenvalue weighted by atomic mass is 10.2. The Kier molecular flexibility index (Phi) is 3.85. The van der Waals surface area contributed by atoms with Gasteiger partial charge in [0.05, 0.1) is 9.92 Å². The fraction of sp³-hybridized carbons (Fsp3) is 0.0833. The Hall–Kier alpha value is -1.83. The first-order chi connectivity index (χ1) is 9.27. The van der Waals surface area contributed by atoms with E-state index < -0.39 is 15.9 Å². The van der Waals surface area contributed by atoms with Crippen molar-refractivity contribution in [2.75, 3.05) is 5.32 Å². The van der Waals surface area contributed by atoms with Crippen LogP contribution in [-0.2, 0) is 10.0 Å². The Bertz CT molecular complexity index is 768. The average Bonchev–Trinajstić information content (AvgIpc) is 2.77. The van der Waals surface area contributed by atoms with Crippen LogP contribution in [0.2, 0.25) is 5.02 Å². The zero-order chi connectivity index (χ0) is 14.9. The van der Waals surface area contributed by atoms with E-state index in [1.165, 1.54) is 24.4 Å². The van der Waals surface area contributed by atoms with E-state index in [1.807, 2.05) is 0 Å². The summed E-state index contributed by atoms with van der Waals surface area (Å²) in [7, 11) is -3.82. The fourth-order valence-corrected chi connectivity index (χ4v) is 2.30. The third-order valence-corrected chi connectivity index (χ3v) is 3.81. The maximum Gasteiger partial charge on any atom is 0.272 e. The van der Waals surface area contributed by atoms with E-state index in [9.17, 15) is 13.2 Å². The summed E-state index contributed by atoms with van der Waals surface area (Å²) in [5, 5.41) is 8.07. The van der Waals surface area contributed by atoms with E-state index in [0.717, 1.165) is 0 Å². The third kappa shape index (κ3) is 3.19. The van der Waals surface area contributed by atoms with Gasteiger partial charge >= 0.3 is 0 Å². The Morgan fingerprint density at radius 3 is 2.60 bits per heavy atom. The predicted molar refractivity (Wildman–Crippen MR) is 76.3 cm³/mol. The van der Waals surface area contributed by atoms with E-state index in [2.05, 4.69) is 10.3 Å². The molecule has 0 bridgehead atoms. The smallest absolute Gasteiger partial charge is 0.272 e. The molecular weight excluding hydrogens is 302 g/mol. The highest BCUT2D eigenvalue weighted by Crippen LogP contribution is 2.20. The van der Waals surface area contributed by atoms with Gasteiger partial charge in [-0.15, -0.1) is 0 Å². The molecular formula is C12H12ClN3O3S. The van der Waals surface area contributed by atoms with Crippen molar-refractivity contribution in [2.24, 2.45) is 5.14 Å². The average molecular weight is 314 g/mol. The summed E-state index contributed by atoms with van der Waals surface area (Å²) in [6, 6.07) is 5.73. The van der Waals surface area contributed by atoms with Gasteiger partial charge in [0.25, 0.3) is 5.91 Å². The molecule has 106 valence electrons. The van der Waals surface area contributed by atoms with Crippen LogP contribution in [0.5, 0.6) is 0 Å². The summed E-state index contributed by atoms with van der Waals surface area (Å²) in [6.45, 7) is 1.74. The van der Waals surface area contributed by atoms with Gasteiger partial charge in [-0.1, -0.05) is 17.7 Å². The van der Waals surface area contributed by atoms with Crippen LogP contribution in [0.1, 0.15) is 16.1 Å². The molecule has 0 spiro atoms. The largest absolute Gasteiger partial charge is 0.356 e. The number of aryl methyl sites for hydroxylation is 1. The minimum absolute atomic E-state index is 0.0667. The number of aromatic nitrogens is 1. The molecule has 1 aromatic carbocycles. The number of anilines is 1. The zero-order valence-corrected chi connectivity index (χ0v) is 12.0. The van der Waals surface area contributed by atoms with Crippen LogP contribution >= 0.6 is 11.6 Å². The number of nitrogens with two attached hydrogens (primary N) is 1. The van der Waals surface area contributed by atoms with Gasteiger partial charge < -0.3 is 10.3 Å². The highest BCUT2D eigenvalue weighted by Gasteiger charge is 2.13. The van der Waals surface area contributed by atoms with Gasteiger partial charge in [0.1, 0.15) is 5.69 Å². The number of aromatic amines is 1. The van der Waals surface area contributed by atoms with E-state index in [4.69, 9.17) is 16.7 Å². The first-order valence-corrected chi connectivity index (χ1v) is 7.48. The number of H-pyrrole nitrogens is 1. The Labute approximate surface area is 121 Å². The maximum absolute atomic E-state index is 12.0. The predicted octanol–water partition coefficient (Wildman–Crippen LogP) is 1.88. The van der Waals surface area contributed by atoms with Gasteiger partial charge in [-0.25, -0.2) is 13.6 Å². The van der Waals surface area contributed by atoms with Crippen molar-refractivity contribution in [3.63, 3.8) is 0 Å². The number of amides is 1. The molecule has 0 aliphatic rings. The quantitative estimate of drug-likeness (QED) is 0.805. The number of nitrogens with one attached hydrogen (secondary N) is 2. The lowest BCUT2D eigenvalue weighted by molar-refractivity contribution is 0.102. The van der Waals surface area contributed by atoms with E-state index in [0.29, 0.717) is 16.3 Å². The van der Waals surface area contributed by atoms with Gasteiger partial charge in [0, 0.05) is 11.9 Å². The summed E-state index contributed by atoms with van der Waals surface area (Å²) in [5.74, 6) is -0.424. The summed E-state index contributed by atoms with van der Waals surface area (Å²) < 4.78 is 22.6. The summed E-state index contributed by atoms with van der Waals surface area (Å²) in [4.78, 5) is 14.6. The molecule has 0 atom stereocenters. The Morgan fingerprint density at radius 2 is 2.05 bits per heavy atom. The van der Waals surface area contributed by atoms with Crippen molar-refractivity contribution in [1.29, 1.82) is 0 Å². The van der Waals surface area contributed by atoms with Gasteiger partial charge in [-0.2, -0.15) is 0 Å². The van der Waals surface area contributed by atoms with Crippen molar-refractivity contribution < 1.29 is 13.2 Å². The van der Waals surface area contributed by atoms with Crippen LogP contribution in [0.15, 0.2) is 35.4 Å². The minimum atomic E-state index is -3.82. The topological polar surface area (TPSA) is 105 Å². The SMILES string of the molecule is Cc1ccc(S(N)(=O)=O)cc1NC(=O)c1cc(Cl)c[nH]1. The molecule has 0 fully saturated rings.